The van der Waals surface area contributed by atoms with Crippen molar-refractivity contribution in [2.75, 3.05) is 13.1 Å². The van der Waals surface area contributed by atoms with Crippen LogP contribution in [0.2, 0.25) is 5.02 Å². The van der Waals surface area contributed by atoms with E-state index >= 15 is 0 Å². The van der Waals surface area contributed by atoms with E-state index in [2.05, 4.69) is 17.6 Å². The van der Waals surface area contributed by atoms with Crippen LogP contribution in [0.25, 0.3) is 0 Å². The molecule has 2 aromatic rings. The van der Waals surface area contributed by atoms with Crippen LogP contribution in [0.4, 0.5) is 0 Å². The van der Waals surface area contributed by atoms with E-state index in [0.717, 1.165) is 47.9 Å². The molecule has 1 aliphatic rings. The summed E-state index contributed by atoms with van der Waals surface area (Å²) < 4.78 is 27.7. The molecule has 186 valence electrons. The molecule has 1 amide bonds. The van der Waals surface area contributed by atoms with Crippen molar-refractivity contribution < 1.29 is 23.1 Å². The summed E-state index contributed by atoms with van der Waals surface area (Å²) in [6, 6.07) is 8.25. The number of halogens is 1. The van der Waals surface area contributed by atoms with E-state index < -0.39 is 22.0 Å². The highest BCUT2D eigenvalue weighted by Crippen LogP contribution is 2.31. The number of thiophene rings is 1. The fourth-order valence-corrected chi connectivity index (χ4v) is 7.07. The Morgan fingerprint density at radius 2 is 1.88 bits per heavy atom. The van der Waals surface area contributed by atoms with Crippen molar-refractivity contribution in [3.63, 3.8) is 0 Å². The van der Waals surface area contributed by atoms with Gasteiger partial charge in [0.15, 0.2) is 0 Å². The minimum Gasteiger partial charge on any atom is -0.480 e. The molecule has 11 heteroatoms. The summed E-state index contributed by atoms with van der Waals surface area (Å²) in [5, 5.41) is 16.2. The van der Waals surface area contributed by atoms with Crippen LogP contribution in [0.5, 0.6) is 0 Å². The molecule has 8 nitrogen and oxygen atoms in total. The van der Waals surface area contributed by atoms with Gasteiger partial charge in [0.1, 0.15) is 10.3 Å². The van der Waals surface area contributed by atoms with Crippen molar-refractivity contribution in [1.29, 1.82) is 0 Å². The maximum Gasteiger partial charge on any atom is 0.322 e. The van der Waals surface area contributed by atoms with Gasteiger partial charge in [-0.1, -0.05) is 37.8 Å². The summed E-state index contributed by atoms with van der Waals surface area (Å²) in [4.78, 5) is 24.7. The number of amides is 1. The van der Waals surface area contributed by atoms with E-state index in [1.807, 2.05) is 0 Å². The SMILES string of the molecule is CCCCCCNC1CC(C(=O)O)N(S(=O)(=O)c2ccc(CNC(=O)c3ccc(Cl)cc3)s2)C1. The largest absolute Gasteiger partial charge is 0.480 e. The fourth-order valence-electron chi connectivity index (χ4n) is 3.88. The van der Waals surface area contributed by atoms with Gasteiger partial charge in [0.05, 0.1) is 6.54 Å². The number of sulfonamides is 1. The third-order valence-corrected chi connectivity index (χ3v) is 9.41. The molecule has 2 heterocycles. The zero-order valence-corrected chi connectivity index (χ0v) is 21.4. The van der Waals surface area contributed by atoms with Crippen LogP contribution in [0.1, 0.15) is 54.3 Å². The highest BCUT2D eigenvalue weighted by atomic mass is 35.5. The Hall–Kier alpha value is -1.98. The number of carbonyl (C=O) groups excluding carboxylic acids is 1. The van der Waals surface area contributed by atoms with Crippen LogP contribution in [-0.2, 0) is 21.4 Å². The number of aliphatic carboxylic acids is 1. The monoisotopic (exact) mass is 527 g/mol. The van der Waals surface area contributed by atoms with Crippen LogP contribution in [-0.4, -0.2) is 54.9 Å². The lowest BCUT2D eigenvalue weighted by atomic mass is 10.1. The molecule has 1 saturated heterocycles. The number of carboxylic acids is 1. The maximum atomic E-state index is 13.3. The fraction of sp³-hybridized carbons (Fsp3) is 0.478. The number of rotatable bonds is 12. The second-order valence-electron chi connectivity index (χ2n) is 8.29. The molecular weight excluding hydrogens is 498 g/mol. The third kappa shape index (κ3) is 6.79. The Morgan fingerprint density at radius 3 is 2.56 bits per heavy atom. The Morgan fingerprint density at radius 1 is 1.15 bits per heavy atom. The molecular formula is C23H30ClN3O5S2. The van der Waals surface area contributed by atoms with Gasteiger partial charge in [-0.25, -0.2) is 8.42 Å². The zero-order valence-electron chi connectivity index (χ0n) is 19.0. The van der Waals surface area contributed by atoms with Crippen molar-refractivity contribution in [2.45, 2.75) is 61.9 Å². The highest BCUT2D eigenvalue weighted by molar-refractivity contribution is 7.91. The van der Waals surface area contributed by atoms with E-state index in [-0.39, 0.29) is 35.7 Å². The first kappa shape index (κ1) is 26.6. The van der Waals surface area contributed by atoms with Gasteiger partial charge in [0.2, 0.25) is 0 Å². The number of benzene rings is 1. The van der Waals surface area contributed by atoms with Crippen LogP contribution in [0.15, 0.2) is 40.6 Å². The van der Waals surface area contributed by atoms with Gasteiger partial charge in [-0.15, -0.1) is 11.3 Å². The first-order chi connectivity index (χ1) is 16.2. The lowest BCUT2D eigenvalue weighted by Gasteiger charge is -2.20. The molecule has 0 saturated carbocycles. The number of hydrogen-bond donors (Lipinski definition) is 3. The molecule has 3 N–H and O–H groups in total. The van der Waals surface area contributed by atoms with E-state index in [4.69, 9.17) is 11.6 Å². The predicted octanol–water partition coefficient (Wildman–Crippen LogP) is 3.72. The summed E-state index contributed by atoms with van der Waals surface area (Å²) >= 11 is 6.87. The van der Waals surface area contributed by atoms with Crippen molar-refractivity contribution in [1.82, 2.24) is 14.9 Å². The molecule has 1 aromatic heterocycles. The highest BCUT2D eigenvalue weighted by Gasteiger charge is 2.44. The van der Waals surface area contributed by atoms with Gasteiger partial charge in [0, 0.05) is 28.0 Å². The standard InChI is InChI=1S/C23H30ClN3O5S2/c1-2-3-4-5-12-25-18-13-20(23(29)30)27(15-18)34(31,32)21-11-10-19(33-21)14-26-22(28)16-6-8-17(24)9-7-16/h6-11,18,20,25H,2-5,12-15H2,1H3,(H,26,28)(H,29,30). The van der Waals surface area contributed by atoms with Crippen molar-refractivity contribution in [3.05, 3.63) is 51.9 Å². The average molecular weight is 528 g/mol. The topological polar surface area (TPSA) is 116 Å². The quantitative estimate of drug-likeness (QED) is 0.362. The lowest BCUT2D eigenvalue weighted by molar-refractivity contribution is -0.140. The molecule has 3 rings (SSSR count). The third-order valence-electron chi connectivity index (χ3n) is 5.73. The van der Waals surface area contributed by atoms with Gasteiger partial charge in [-0.2, -0.15) is 4.31 Å². The Balaban J connectivity index is 1.62. The molecule has 1 fully saturated rings. The second-order valence-corrected chi connectivity index (χ2v) is 12.0. The number of carbonyl (C=O) groups is 2. The minimum absolute atomic E-state index is 0.0677. The van der Waals surface area contributed by atoms with Crippen molar-refractivity contribution in [2.24, 2.45) is 0 Å². The molecule has 0 aliphatic carbocycles. The molecule has 0 bridgehead atoms. The minimum atomic E-state index is -3.98. The summed E-state index contributed by atoms with van der Waals surface area (Å²) in [5.74, 6) is -1.45. The van der Waals surface area contributed by atoms with E-state index in [1.54, 1.807) is 30.3 Å². The molecule has 2 unspecified atom stereocenters. The first-order valence-electron chi connectivity index (χ1n) is 11.3. The number of carboxylic acid groups (broad SMARTS) is 1. The molecule has 0 spiro atoms. The van der Waals surface area contributed by atoms with Crippen molar-refractivity contribution in [3.8, 4) is 0 Å². The number of unbranched alkanes of at least 4 members (excludes halogenated alkanes) is 3. The Labute approximate surface area is 209 Å². The summed E-state index contributed by atoms with van der Waals surface area (Å²) in [6.45, 7) is 3.15. The lowest BCUT2D eigenvalue weighted by Crippen LogP contribution is -2.40. The summed E-state index contributed by atoms with van der Waals surface area (Å²) in [7, 11) is -3.98. The van der Waals surface area contributed by atoms with Crippen molar-refractivity contribution >= 4 is 44.8 Å². The maximum absolute atomic E-state index is 13.3. The number of hydrogen-bond acceptors (Lipinski definition) is 6. The van der Waals surface area contributed by atoms with E-state index in [9.17, 15) is 23.1 Å². The van der Waals surface area contributed by atoms with Gasteiger partial charge in [-0.3, -0.25) is 9.59 Å². The van der Waals surface area contributed by atoms with Crippen LogP contribution in [0.3, 0.4) is 0 Å². The molecule has 34 heavy (non-hydrogen) atoms. The number of nitrogens with one attached hydrogen (secondary N) is 2. The van der Waals surface area contributed by atoms with Crippen LogP contribution in [0, 0.1) is 0 Å². The smallest absolute Gasteiger partial charge is 0.322 e. The molecule has 1 aliphatic heterocycles. The normalized spacial score (nSPS) is 18.8. The van der Waals surface area contributed by atoms with Crippen LogP contribution < -0.4 is 10.6 Å². The summed E-state index contributed by atoms with van der Waals surface area (Å²) in [6.07, 6.45) is 4.57. The Kier molecular flexibility index (Phi) is 9.49. The molecule has 0 radical (unpaired) electrons. The predicted molar refractivity (Wildman–Crippen MR) is 133 cm³/mol. The zero-order chi connectivity index (χ0) is 24.7. The second kappa shape index (κ2) is 12.1. The summed E-state index contributed by atoms with van der Waals surface area (Å²) in [5.41, 5.74) is 0.448. The van der Waals surface area contributed by atoms with Gasteiger partial charge < -0.3 is 15.7 Å². The number of nitrogens with zero attached hydrogens (tertiary/aromatic N) is 1. The van der Waals surface area contributed by atoms with E-state index in [1.165, 1.54) is 6.07 Å². The van der Waals surface area contributed by atoms with Crippen LogP contribution >= 0.6 is 22.9 Å². The van der Waals surface area contributed by atoms with Gasteiger partial charge >= 0.3 is 5.97 Å². The first-order valence-corrected chi connectivity index (χ1v) is 14.0. The molecule has 1 aromatic carbocycles. The van der Waals surface area contributed by atoms with E-state index in [0.29, 0.717) is 15.5 Å². The van der Waals surface area contributed by atoms with Gasteiger partial charge in [0.25, 0.3) is 15.9 Å². The Bertz CT molecular complexity index is 1090. The molecule has 2 atom stereocenters. The van der Waals surface area contributed by atoms with Gasteiger partial charge in [-0.05, 0) is 55.8 Å². The average Bonchev–Trinajstić information content (AvgIpc) is 3.46.